The van der Waals surface area contributed by atoms with Crippen molar-refractivity contribution in [1.29, 1.82) is 0 Å². The minimum absolute atomic E-state index is 0.211. The summed E-state index contributed by atoms with van der Waals surface area (Å²) in [5.74, 6) is 1.60. The van der Waals surface area contributed by atoms with Gasteiger partial charge in [0.25, 0.3) is 0 Å². The van der Waals surface area contributed by atoms with E-state index in [1.807, 2.05) is 28.0 Å². The van der Waals surface area contributed by atoms with E-state index in [0.717, 1.165) is 38.3 Å². The summed E-state index contributed by atoms with van der Waals surface area (Å²) in [5.41, 5.74) is 1.22. The molecule has 7 nitrogen and oxygen atoms in total. The van der Waals surface area contributed by atoms with Gasteiger partial charge in [-0.15, -0.1) is 0 Å². The van der Waals surface area contributed by atoms with Gasteiger partial charge in [-0.1, -0.05) is 50.6 Å². The van der Waals surface area contributed by atoms with Crippen molar-refractivity contribution in [2.24, 2.45) is 10.9 Å². The van der Waals surface area contributed by atoms with E-state index in [-0.39, 0.29) is 11.8 Å². The number of guanidine groups is 1. The molecule has 0 bridgehead atoms. The molecule has 7 heteroatoms. The topological polar surface area (TPSA) is 77.0 Å². The molecule has 0 saturated carbocycles. The number of nitrogens with zero attached hydrogens (tertiary/aromatic N) is 3. The maximum Gasteiger partial charge on any atom is 0.222 e. The summed E-state index contributed by atoms with van der Waals surface area (Å²) in [4.78, 5) is 32.6. The molecule has 2 rings (SSSR count). The average Bonchev–Trinajstić information content (AvgIpc) is 2.78. The number of carbonyl (C=O) groups excluding carboxylic acids is 2. The standard InChI is InChI=1S/C24H39N5O2/c1-20(2)18-23(31)29-16-14-28(15-17-29)22(30)12-8-5-9-13-26-24(25-3)27-19-21-10-6-4-7-11-21/h4,6-7,10-11,20H,5,8-9,12-19H2,1-3H3,(H2,25,26,27). The largest absolute Gasteiger partial charge is 0.356 e. The highest BCUT2D eigenvalue weighted by Gasteiger charge is 2.23. The van der Waals surface area contributed by atoms with Crippen LogP contribution in [0.1, 0.15) is 51.5 Å². The molecule has 1 heterocycles. The molecule has 0 spiro atoms. The van der Waals surface area contributed by atoms with Crippen LogP contribution in [0.3, 0.4) is 0 Å². The van der Waals surface area contributed by atoms with Crippen LogP contribution in [0, 0.1) is 5.92 Å². The highest BCUT2D eigenvalue weighted by atomic mass is 16.2. The lowest BCUT2D eigenvalue weighted by molar-refractivity contribution is -0.140. The molecule has 0 unspecified atom stereocenters. The molecule has 1 fully saturated rings. The van der Waals surface area contributed by atoms with E-state index in [2.05, 4.69) is 41.6 Å². The second-order valence-electron chi connectivity index (χ2n) is 8.51. The SMILES string of the molecule is CN=C(NCCCCCC(=O)N1CCN(C(=O)CC(C)C)CC1)NCc1ccccc1. The Morgan fingerprint density at radius 1 is 0.935 bits per heavy atom. The van der Waals surface area contributed by atoms with Gasteiger partial charge >= 0.3 is 0 Å². The van der Waals surface area contributed by atoms with Crippen LogP contribution in [0.25, 0.3) is 0 Å². The molecule has 1 aromatic carbocycles. The molecule has 0 aliphatic carbocycles. The summed E-state index contributed by atoms with van der Waals surface area (Å²) < 4.78 is 0. The number of benzene rings is 1. The van der Waals surface area contributed by atoms with Crippen molar-refractivity contribution in [3.63, 3.8) is 0 Å². The zero-order valence-corrected chi connectivity index (χ0v) is 19.4. The molecule has 1 aromatic rings. The lowest BCUT2D eigenvalue weighted by Gasteiger charge is -2.35. The molecule has 2 amide bonds. The Balaban J connectivity index is 1.53. The number of piperazine rings is 1. The van der Waals surface area contributed by atoms with E-state index >= 15 is 0 Å². The molecule has 172 valence electrons. The van der Waals surface area contributed by atoms with E-state index < -0.39 is 0 Å². The van der Waals surface area contributed by atoms with Crippen LogP contribution in [0.5, 0.6) is 0 Å². The van der Waals surface area contributed by atoms with Crippen LogP contribution < -0.4 is 10.6 Å². The zero-order chi connectivity index (χ0) is 22.5. The fraction of sp³-hybridized carbons (Fsp3) is 0.625. The summed E-state index contributed by atoms with van der Waals surface area (Å²) in [6.45, 7) is 8.34. The Kier molecular flexibility index (Phi) is 10.9. The summed E-state index contributed by atoms with van der Waals surface area (Å²) in [5, 5.41) is 6.64. The fourth-order valence-electron chi connectivity index (χ4n) is 3.63. The molecular formula is C24H39N5O2. The third-order valence-corrected chi connectivity index (χ3v) is 5.45. The lowest BCUT2D eigenvalue weighted by Crippen LogP contribution is -2.50. The first kappa shape index (κ1) is 24.7. The van der Waals surface area contributed by atoms with E-state index in [0.29, 0.717) is 44.9 Å². The van der Waals surface area contributed by atoms with Crippen LogP contribution in [0.4, 0.5) is 0 Å². The number of carbonyl (C=O) groups is 2. The molecular weight excluding hydrogens is 390 g/mol. The van der Waals surface area contributed by atoms with Gasteiger partial charge in [-0.25, -0.2) is 0 Å². The van der Waals surface area contributed by atoms with Crippen molar-refractivity contribution in [3.05, 3.63) is 35.9 Å². The van der Waals surface area contributed by atoms with Crippen molar-refractivity contribution < 1.29 is 9.59 Å². The quantitative estimate of drug-likeness (QED) is 0.341. The van der Waals surface area contributed by atoms with Crippen molar-refractivity contribution in [2.75, 3.05) is 39.8 Å². The number of nitrogens with one attached hydrogen (secondary N) is 2. The van der Waals surface area contributed by atoms with Crippen molar-refractivity contribution in [1.82, 2.24) is 20.4 Å². The number of aliphatic imine (C=N–C) groups is 1. The first-order valence-corrected chi connectivity index (χ1v) is 11.5. The summed E-state index contributed by atoms with van der Waals surface area (Å²) >= 11 is 0. The van der Waals surface area contributed by atoms with E-state index in [4.69, 9.17) is 0 Å². The minimum Gasteiger partial charge on any atom is -0.356 e. The van der Waals surface area contributed by atoms with Crippen LogP contribution in [-0.2, 0) is 16.1 Å². The third-order valence-electron chi connectivity index (χ3n) is 5.45. The van der Waals surface area contributed by atoms with Gasteiger partial charge in [0, 0.05) is 59.2 Å². The van der Waals surface area contributed by atoms with Crippen molar-refractivity contribution >= 4 is 17.8 Å². The zero-order valence-electron chi connectivity index (χ0n) is 19.4. The first-order chi connectivity index (χ1) is 15.0. The van der Waals surface area contributed by atoms with Gasteiger partial charge in [-0.3, -0.25) is 14.6 Å². The Morgan fingerprint density at radius 3 is 2.19 bits per heavy atom. The second-order valence-corrected chi connectivity index (χ2v) is 8.51. The first-order valence-electron chi connectivity index (χ1n) is 11.5. The molecule has 0 radical (unpaired) electrons. The van der Waals surface area contributed by atoms with Gasteiger partial charge in [0.2, 0.25) is 11.8 Å². The van der Waals surface area contributed by atoms with E-state index in [9.17, 15) is 9.59 Å². The van der Waals surface area contributed by atoms with Crippen LogP contribution in [0.2, 0.25) is 0 Å². The van der Waals surface area contributed by atoms with Crippen molar-refractivity contribution in [3.8, 4) is 0 Å². The smallest absolute Gasteiger partial charge is 0.222 e. The van der Waals surface area contributed by atoms with Crippen molar-refractivity contribution in [2.45, 2.75) is 52.5 Å². The number of unbranched alkanes of at least 4 members (excludes halogenated alkanes) is 2. The van der Waals surface area contributed by atoms with E-state index in [1.54, 1.807) is 7.05 Å². The predicted molar refractivity (Wildman–Crippen MR) is 126 cm³/mol. The highest BCUT2D eigenvalue weighted by molar-refractivity contribution is 5.79. The Morgan fingerprint density at radius 2 is 1.58 bits per heavy atom. The summed E-state index contributed by atoms with van der Waals surface area (Å²) in [6.07, 6.45) is 4.07. The van der Waals surface area contributed by atoms with Crippen LogP contribution >= 0.6 is 0 Å². The summed E-state index contributed by atoms with van der Waals surface area (Å²) in [6, 6.07) is 10.2. The molecule has 0 atom stereocenters. The lowest BCUT2D eigenvalue weighted by atomic mass is 10.1. The fourth-order valence-corrected chi connectivity index (χ4v) is 3.63. The normalized spacial score (nSPS) is 14.6. The molecule has 0 aromatic heterocycles. The van der Waals surface area contributed by atoms with Gasteiger partial charge in [0.05, 0.1) is 0 Å². The average molecular weight is 430 g/mol. The monoisotopic (exact) mass is 429 g/mol. The molecule has 1 aliphatic rings. The molecule has 2 N–H and O–H groups in total. The van der Waals surface area contributed by atoms with Gasteiger partial charge in [0.1, 0.15) is 0 Å². The third kappa shape index (κ3) is 9.40. The maximum atomic E-state index is 12.4. The minimum atomic E-state index is 0.211. The predicted octanol–water partition coefficient (Wildman–Crippen LogP) is 2.63. The van der Waals surface area contributed by atoms with Gasteiger partial charge in [-0.05, 0) is 24.3 Å². The van der Waals surface area contributed by atoms with Crippen LogP contribution in [-0.4, -0.2) is 67.3 Å². The van der Waals surface area contributed by atoms with E-state index in [1.165, 1.54) is 5.56 Å². The van der Waals surface area contributed by atoms with Gasteiger partial charge in [-0.2, -0.15) is 0 Å². The Hall–Kier alpha value is -2.57. The second kappa shape index (κ2) is 13.7. The number of hydrogen-bond donors (Lipinski definition) is 2. The Bertz CT molecular complexity index is 697. The van der Waals surface area contributed by atoms with Crippen LogP contribution in [0.15, 0.2) is 35.3 Å². The van der Waals surface area contributed by atoms with Gasteiger partial charge < -0.3 is 20.4 Å². The number of hydrogen-bond acceptors (Lipinski definition) is 3. The number of rotatable bonds is 10. The van der Waals surface area contributed by atoms with Gasteiger partial charge in [0.15, 0.2) is 5.96 Å². The summed E-state index contributed by atoms with van der Waals surface area (Å²) in [7, 11) is 1.77. The maximum absolute atomic E-state index is 12.4. The Labute approximate surface area is 187 Å². The highest BCUT2D eigenvalue weighted by Crippen LogP contribution is 2.10. The molecule has 31 heavy (non-hydrogen) atoms. The molecule has 1 saturated heterocycles. The molecule has 1 aliphatic heterocycles. The number of amides is 2.